The summed E-state index contributed by atoms with van der Waals surface area (Å²) in [7, 11) is -3.23. The molecule has 0 aromatic carbocycles. The van der Waals surface area contributed by atoms with Crippen molar-refractivity contribution in [3.8, 4) is 0 Å². The third-order valence-corrected chi connectivity index (χ3v) is 4.82. The molecule has 156 valence electrons. The molecule has 10 heteroatoms. The van der Waals surface area contributed by atoms with E-state index in [1.54, 1.807) is 13.8 Å². The van der Waals surface area contributed by atoms with Gasteiger partial charge in [-0.05, 0) is 27.7 Å². The second-order valence-corrected chi connectivity index (χ2v) is 8.42. The first-order valence-corrected chi connectivity index (χ1v) is 10.4. The van der Waals surface area contributed by atoms with Crippen LogP contribution in [0.1, 0.15) is 27.7 Å². The van der Waals surface area contributed by atoms with Crippen LogP contribution in [0.15, 0.2) is 0 Å². The molecule has 0 aliphatic heterocycles. The Morgan fingerprint density at radius 2 is 1.27 bits per heavy atom. The number of hydrogen-bond acceptors (Lipinski definition) is 7. The van der Waals surface area contributed by atoms with Crippen LogP contribution in [-0.2, 0) is 33.8 Å². The van der Waals surface area contributed by atoms with Crippen LogP contribution in [0.4, 0.5) is 0 Å². The largest absolute Gasteiger partial charge is 0.378 e. The highest BCUT2D eigenvalue weighted by molar-refractivity contribution is 7.90. The number of carbonyl (C=O) groups is 1. The lowest BCUT2D eigenvalue weighted by molar-refractivity contribution is -0.126. The molecule has 1 amide bonds. The zero-order valence-corrected chi connectivity index (χ0v) is 17.1. The summed E-state index contributed by atoms with van der Waals surface area (Å²) in [6.07, 6.45) is 0. The van der Waals surface area contributed by atoms with E-state index in [0.29, 0.717) is 46.2 Å². The number of hydrogen-bond donors (Lipinski definition) is 2. The van der Waals surface area contributed by atoms with Crippen LogP contribution in [-0.4, -0.2) is 85.0 Å². The van der Waals surface area contributed by atoms with Crippen LogP contribution in [0, 0.1) is 0 Å². The molecule has 0 atom stereocenters. The summed E-state index contributed by atoms with van der Waals surface area (Å²) >= 11 is 0. The molecular weight excluding hydrogens is 364 g/mol. The topological polar surface area (TPSA) is 112 Å². The minimum absolute atomic E-state index is 0.0305. The van der Waals surface area contributed by atoms with Gasteiger partial charge in [0.25, 0.3) is 0 Å². The molecule has 0 fully saturated rings. The molecule has 0 saturated carbocycles. The Labute approximate surface area is 157 Å². The quantitative estimate of drug-likeness (QED) is 0.329. The number of rotatable bonds is 17. The Kier molecular flexibility index (Phi) is 14.8. The van der Waals surface area contributed by atoms with Gasteiger partial charge in [-0.25, -0.2) is 13.1 Å². The van der Waals surface area contributed by atoms with E-state index in [4.69, 9.17) is 18.9 Å². The first-order valence-electron chi connectivity index (χ1n) is 8.84. The zero-order valence-electron chi connectivity index (χ0n) is 16.3. The fourth-order valence-electron chi connectivity index (χ4n) is 1.61. The molecule has 26 heavy (non-hydrogen) atoms. The summed E-state index contributed by atoms with van der Waals surface area (Å²) in [6, 6.07) is 0.104. The minimum atomic E-state index is -3.23. The van der Waals surface area contributed by atoms with Crippen molar-refractivity contribution in [1.82, 2.24) is 10.0 Å². The second-order valence-electron chi connectivity index (χ2n) is 6.10. The van der Waals surface area contributed by atoms with Crippen molar-refractivity contribution in [1.29, 1.82) is 0 Å². The molecular formula is C16H34N2O7S. The summed E-state index contributed by atoms with van der Waals surface area (Å²) in [5.74, 6) is -0.139. The van der Waals surface area contributed by atoms with Gasteiger partial charge in [-0.1, -0.05) is 0 Å². The summed E-state index contributed by atoms with van der Waals surface area (Å²) in [5, 5.41) is 2.28. The van der Waals surface area contributed by atoms with Crippen molar-refractivity contribution in [2.45, 2.75) is 39.0 Å². The highest BCUT2D eigenvalue weighted by Gasteiger charge is 2.13. The van der Waals surface area contributed by atoms with E-state index in [1.807, 2.05) is 13.8 Å². The Hall–Kier alpha value is -0.780. The fourth-order valence-corrected chi connectivity index (χ4v) is 2.31. The minimum Gasteiger partial charge on any atom is -0.378 e. The van der Waals surface area contributed by atoms with Crippen LogP contribution in [0.5, 0.6) is 0 Å². The third-order valence-electron chi connectivity index (χ3n) is 2.97. The van der Waals surface area contributed by atoms with Gasteiger partial charge in [0, 0.05) is 12.6 Å². The van der Waals surface area contributed by atoms with Gasteiger partial charge in [0.15, 0.2) is 0 Å². The standard InChI is InChI=1S/C16H34N2O7S/c1-14(2)18-16(19)13-25-12-11-24-10-9-23-8-7-22-6-5-17-26(20,21)15(3)4/h14-15,17H,5-13H2,1-4H3,(H,18,19). The molecule has 0 aliphatic carbocycles. The van der Waals surface area contributed by atoms with E-state index in [1.165, 1.54) is 0 Å². The van der Waals surface area contributed by atoms with E-state index < -0.39 is 15.3 Å². The van der Waals surface area contributed by atoms with Gasteiger partial charge < -0.3 is 24.3 Å². The Morgan fingerprint density at radius 1 is 0.808 bits per heavy atom. The maximum Gasteiger partial charge on any atom is 0.246 e. The molecule has 0 unspecified atom stereocenters. The van der Waals surface area contributed by atoms with Crippen molar-refractivity contribution in [2.24, 2.45) is 0 Å². The van der Waals surface area contributed by atoms with Gasteiger partial charge in [0.1, 0.15) is 6.61 Å². The van der Waals surface area contributed by atoms with Gasteiger partial charge in [-0.2, -0.15) is 0 Å². The van der Waals surface area contributed by atoms with Crippen molar-refractivity contribution < 1.29 is 32.2 Å². The van der Waals surface area contributed by atoms with Crippen LogP contribution >= 0.6 is 0 Å². The molecule has 0 heterocycles. The van der Waals surface area contributed by atoms with Crippen LogP contribution in [0.2, 0.25) is 0 Å². The highest BCUT2D eigenvalue weighted by atomic mass is 32.2. The summed E-state index contributed by atoms with van der Waals surface area (Å²) in [6.45, 7) is 9.99. The molecule has 0 saturated heterocycles. The van der Waals surface area contributed by atoms with Crippen molar-refractivity contribution in [2.75, 3.05) is 59.4 Å². The van der Waals surface area contributed by atoms with E-state index in [-0.39, 0.29) is 25.1 Å². The van der Waals surface area contributed by atoms with E-state index in [2.05, 4.69) is 10.0 Å². The first-order chi connectivity index (χ1) is 12.3. The molecule has 0 radical (unpaired) electrons. The third kappa shape index (κ3) is 15.5. The lowest BCUT2D eigenvalue weighted by atomic mass is 10.4. The number of ether oxygens (including phenoxy) is 4. The SMILES string of the molecule is CC(C)NC(=O)COCCOCCOCCOCCNS(=O)(=O)C(C)C. The average molecular weight is 399 g/mol. The van der Waals surface area contributed by atoms with E-state index in [9.17, 15) is 13.2 Å². The Morgan fingerprint density at radius 3 is 1.73 bits per heavy atom. The summed E-state index contributed by atoms with van der Waals surface area (Å²) < 4.78 is 46.5. The Balaban J connectivity index is 3.26. The van der Waals surface area contributed by atoms with Crippen LogP contribution < -0.4 is 10.0 Å². The second kappa shape index (κ2) is 15.3. The molecule has 0 rings (SSSR count). The van der Waals surface area contributed by atoms with E-state index >= 15 is 0 Å². The summed E-state index contributed by atoms with van der Waals surface area (Å²) in [5.41, 5.74) is 0. The number of amides is 1. The lowest BCUT2D eigenvalue weighted by Crippen LogP contribution is -2.33. The Bertz CT molecular complexity index is 456. The number of nitrogens with one attached hydrogen (secondary N) is 2. The molecule has 2 N–H and O–H groups in total. The van der Waals surface area contributed by atoms with Crippen molar-refractivity contribution in [3.63, 3.8) is 0 Å². The molecule has 0 bridgehead atoms. The number of carbonyl (C=O) groups excluding carboxylic acids is 1. The molecule has 0 aromatic heterocycles. The summed E-state index contributed by atoms with van der Waals surface area (Å²) in [4.78, 5) is 11.3. The maximum absolute atomic E-state index is 11.5. The highest BCUT2D eigenvalue weighted by Crippen LogP contribution is 1.94. The predicted octanol–water partition coefficient (Wildman–Crippen LogP) is -0.0948. The van der Waals surface area contributed by atoms with Crippen LogP contribution in [0.3, 0.4) is 0 Å². The number of sulfonamides is 1. The monoisotopic (exact) mass is 398 g/mol. The van der Waals surface area contributed by atoms with Gasteiger partial charge in [-0.15, -0.1) is 0 Å². The first kappa shape index (κ1) is 25.2. The van der Waals surface area contributed by atoms with Gasteiger partial charge in [0.05, 0.1) is 51.5 Å². The van der Waals surface area contributed by atoms with Crippen molar-refractivity contribution >= 4 is 15.9 Å². The van der Waals surface area contributed by atoms with Crippen LogP contribution in [0.25, 0.3) is 0 Å². The lowest BCUT2D eigenvalue weighted by Gasteiger charge is -2.10. The molecule has 0 spiro atoms. The smallest absolute Gasteiger partial charge is 0.246 e. The zero-order chi connectivity index (χ0) is 19.8. The normalized spacial score (nSPS) is 12.1. The van der Waals surface area contributed by atoms with Gasteiger partial charge >= 0.3 is 0 Å². The molecule has 0 aliphatic rings. The van der Waals surface area contributed by atoms with E-state index in [0.717, 1.165) is 0 Å². The predicted molar refractivity (Wildman–Crippen MR) is 98.6 cm³/mol. The van der Waals surface area contributed by atoms with Gasteiger partial charge in [-0.3, -0.25) is 4.79 Å². The van der Waals surface area contributed by atoms with Gasteiger partial charge in [0.2, 0.25) is 15.9 Å². The molecule has 0 aromatic rings. The average Bonchev–Trinajstić information content (AvgIpc) is 2.54. The maximum atomic E-state index is 11.5. The fraction of sp³-hybridized carbons (Fsp3) is 0.938. The molecule has 9 nitrogen and oxygen atoms in total. The van der Waals surface area contributed by atoms with Crippen molar-refractivity contribution in [3.05, 3.63) is 0 Å².